The van der Waals surface area contributed by atoms with Gasteiger partial charge in [-0.15, -0.1) is 0 Å². The summed E-state index contributed by atoms with van der Waals surface area (Å²) in [6.07, 6.45) is -3.31. The van der Waals surface area contributed by atoms with Crippen molar-refractivity contribution in [2.75, 3.05) is 12.4 Å². The van der Waals surface area contributed by atoms with Crippen molar-refractivity contribution in [3.05, 3.63) is 77.1 Å². The van der Waals surface area contributed by atoms with Gasteiger partial charge in [-0.05, 0) is 48.9 Å². The maximum atomic E-state index is 13.1. The molecule has 0 bridgehead atoms. The molecule has 3 aromatic rings. The van der Waals surface area contributed by atoms with Gasteiger partial charge in [0, 0.05) is 30.6 Å². The van der Waals surface area contributed by atoms with Crippen LogP contribution < -0.4 is 25.4 Å². The number of alkyl halides is 3. The van der Waals surface area contributed by atoms with Gasteiger partial charge in [0.2, 0.25) is 0 Å². The van der Waals surface area contributed by atoms with Crippen molar-refractivity contribution in [2.24, 2.45) is 0 Å². The van der Waals surface area contributed by atoms with E-state index in [0.717, 1.165) is 11.6 Å². The number of carbonyl (C=O) groups is 2. The number of aromatic nitrogens is 1. The van der Waals surface area contributed by atoms with Crippen molar-refractivity contribution in [1.29, 1.82) is 0 Å². The first-order valence-electron chi connectivity index (χ1n) is 11.1. The van der Waals surface area contributed by atoms with Crippen LogP contribution in [0.15, 0.2) is 54.7 Å². The normalized spacial score (nSPS) is 19.4. The number of amides is 3. The van der Waals surface area contributed by atoms with Gasteiger partial charge in [0.15, 0.2) is 0 Å². The van der Waals surface area contributed by atoms with Crippen LogP contribution in [0.25, 0.3) is 0 Å². The van der Waals surface area contributed by atoms with Gasteiger partial charge >= 0.3 is 12.2 Å². The van der Waals surface area contributed by atoms with Crippen LogP contribution in [0.3, 0.4) is 0 Å². The number of ether oxygens (including phenoxy) is 2. The molecule has 3 amide bonds. The fourth-order valence-electron chi connectivity index (χ4n) is 4.26. The maximum Gasteiger partial charge on any atom is 0.416 e. The lowest BCUT2D eigenvalue weighted by Crippen LogP contribution is -2.34. The zero-order valence-electron chi connectivity index (χ0n) is 19.1. The summed E-state index contributed by atoms with van der Waals surface area (Å²) in [4.78, 5) is 28.3. The van der Waals surface area contributed by atoms with E-state index in [1.165, 1.54) is 38.4 Å². The summed E-state index contributed by atoms with van der Waals surface area (Å²) in [5.74, 6) is 1.17. The van der Waals surface area contributed by atoms with Gasteiger partial charge in [0.25, 0.3) is 5.91 Å². The van der Waals surface area contributed by atoms with Gasteiger partial charge in [-0.1, -0.05) is 6.07 Å². The van der Waals surface area contributed by atoms with Crippen LogP contribution in [0.4, 0.5) is 23.7 Å². The van der Waals surface area contributed by atoms with E-state index in [2.05, 4.69) is 20.9 Å². The molecule has 0 saturated heterocycles. The number of nitrogens with one attached hydrogen (secondary N) is 3. The number of aryl methyl sites for hydroxylation is 1. The molecule has 186 valence electrons. The molecular weight excluding hydrogens is 477 g/mol. The van der Waals surface area contributed by atoms with E-state index in [1.807, 2.05) is 0 Å². The Morgan fingerprint density at radius 3 is 2.58 bits per heavy atom. The molecule has 0 spiro atoms. The molecule has 0 unspecified atom stereocenters. The van der Waals surface area contributed by atoms with Crippen LogP contribution >= 0.6 is 0 Å². The smallest absolute Gasteiger partial charge is 0.416 e. The van der Waals surface area contributed by atoms with Crippen molar-refractivity contribution >= 4 is 17.6 Å². The molecule has 3 N–H and O–H groups in total. The third-order valence-electron chi connectivity index (χ3n) is 6.08. The van der Waals surface area contributed by atoms with E-state index in [1.54, 1.807) is 24.3 Å². The second kappa shape index (κ2) is 8.74. The Hall–Kier alpha value is -4.28. The predicted octanol–water partition coefficient (Wildman–Crippen LogP) is 4.61. The molecule has 8 nitrogen and oxygen atoms in total. The zero-order chi connectivity index (χ0) is 25.6. The van der Waals surface area contributed by atoms with Gasteiger partial charge in [-0.3, -0.25) is 9.78 Å². The molecule has 3 atom stereocenters. The fraction of sp³-hybridized carbons (Fsp3) is 0.240. The molecule has 1 aromatic heterocycles. The number of pyridine rings is 1. The molecular formula is C25H21F3N4O4. The average molecular weight is 498 g/mol. The highest BCUT2D eigenvalue weighted by molar-refractivity contribution is 5.92. The molecule has 11 heteroatoms. The highest BCUT2D eigenvalue weighted by atomic mass is 19.4. The minimum Gasteiger partial charge on any atom is -0.487 e. The van der Waals surface area contributed by atoms with E-state index < -0.39 is 17.8 Å². The topological polar surface area (TPSA) is 102 Å². The number of hydrogen-bond acceptors (Lipinski definition) is 5. The highest BCUT2D eigenvalue weighted by Gasteiger charge is 2.59. The van der Waals surface area contributed by atoms with Gasteiger partial charge < -0.3 is 25.4 Å². The second-order valence-corrected chi connectivity index (χ2v) is 8.52. The number of nitrogens with zero attached hydrogens (tertiary/aromatic N) is 1. The number of rotatable bonds is 5. The maximum absolute atomic E-state index is 13.1. The number of halogens is 3. The molecule has 1 saturated carbocycles. The molecule has 36 heavy (non-hydrogen) atoms. The van der Waals surface area contributed by atoms with Crippen molar-refractivity contribution < 1.29 is 32.2 Å². The summed E-state index contributed by atoms with van der Waals surface area (Å²) >= 11 is 0. The lowest BCUT2D eigenvalue weighted by molar-refractivity contribution is -0.138. The molecule has 1 fully saturated rings. The van der Waals surface area contributed by atoms with Gasteiger partial charge in [0.05, 0.1) is 17.5 Å². The van der Waals surface area contributed by atoms with E-state index in [-0.39, 0.29) is 40.9 Å². The minimum absolute atomic E-state index is 0.0433. The molecule has 1 aliphatic carbocycles. The quantitative estimate of drug-likeness (QED) is 0.477. The average Bonchev–Trinajstić information content (AvgIpc) is 3.35. The highest BCUT2D eigenvalue weighted by Crippen LogP contribution is 2.54. The van der Waals surface area contributed by atoms with Crippen LogP contribution in [0.1, 0.15) is 33.1 Å². The Morgan fingerprint density at radius 2 is 1.83 bits per heavy atom. The lowest BCUT2D eigenvalue weighted by Gasteiger charge is -2.14. The Labute approximate surface area is 203 Å². The van der Waals surface area contributed by atoms with E-state index in [9.17, 15) is 22.8 Å². The molecule has 0 radical (unpaired) electrons. The van der Waals surface area contributed by atoms with E-state index in [4.69, 9.17) is 9.47 Å². The monoisotopic (exact) mass is 498 g/mol. The lowest BCUT2D eigenvalue weighted by atomic mass is 10.1. The van der Waals surface area contributed by atoms with Crippen LogP contribution in [0.2, 0.25) is 0 Å². The Morgan fingerprint density at radius 1 is 1.06 bits per heavy atom. The molecule has 5 rings (SSSR count). The summed E-state index contributed by atoms with van der Waals surface area (Å²) in [5.41, 5.74) is 0.377. The molecule has 2 aliphatic rings. The summed E-state index contributed by atoms with van der Waals surface area (Å²) in [7, 11) is 1.51. The van der Waals surface area contributed by atoms with Crippen LogP contribution in [0.5, 0.6) is 17.2 Å². The van der Waals surface area contributed by atoms with Crippen molar-refractivity contribution in [1.82, 2.24) is 15.6 Å². The van der Waals surface area contributed by atoms with Gasteiger partial charge in [-0.2, -0.15) is 13.2 Å². The third-order valence-corrected chi connectivity index (χ3v) is 6.08. The van der Waals surface area contributed by atoms with Gasteiger partial charge in [0.1, 0.15) is 29.0 Å². The van der Waals surface area contributed by atoms with Crippen LogP contribution in [0, 0.1) is 6.92 Å². The first-order chi connectivity index (χ1) is 17.1. The summed E-state index contributed by atoms with van der Waals surface area (Å²) in [5, 5.41) is 7.73. The van der Waals surface area contributed by atoms with Crippen LogP contribution in [-0.4, -0.2) is 36.1 Å². The Kier molecular flexibility index (Phi) is 5.70. The van der Waals surface area contributed by atoms with E-state index >= 15 is 0 Å². The summed E-state index contributed by atoms with van der Waals surface area (Å²) < 4.78 is 51.2. The first kappa shape index (κ1) is 23.5. The fourth-order valence-corrected chi connectivity index (χ4v) is 4.26. The third kappa shape index (κ3) is 4.51. The number of urea groups is 1. The van der Waals surface area contributed by atoms with E-state index in [0.29, 0.717) is 17.2 Å². The first-order valence-corrected chi connectivity index (χ1v) is 11.1. The number of benzene rings is 2. The second-order valence-electron chi connectivity index (χ2n) is 8.52. The van der Waals surface area contributed by atoms with Crippen molar-refractivity contribution in [3.8, 4) is 17.2 Å². The number of hydrogen-bond donors (Lipinski definition) is 3. The van der Waals surface area contributed by atoms with Gasteiger partial charge in [-0.25, -0.2) is 4.79 Å². The van der Waals surface area contributed by atoms with Crippen molar-refractivity contribution in [2.45, 2.75) is 31.2 Å². The standard InChI is InChI=1S/C25H21F3N4O4/c1-12-3-4-13(9-17(12)25(26,27)28)31-24(34)32-21-20-16-10-14(5-6-19(16)36-22(20)21)35-15-7-8-30-18(11-15)23(33)29-2/h3-11,20-22H,1-2H3,(H,29,33)(H2,31,32,34)/t20-,21-,22-/m0/s1. The van der Waals surface area contributed by atoms with Crippen LogP contribution in [-0.2, 0) is 6.18 Å². The SMILES string of the molecule is CNC(=O)c1cc(Oc2ccc3c(c2)[C@H]2[C@H](NC(=O)Nc4ccc(C)c(C(F)(F)F)c4)[C@H]2O3)ccn1. The number of carbonyl (C=O) groups excluding carboxylic acids is 2. The Balaban J connectivity index is 1.24. The molecule has 2 aromatic carbocycles. The number of anilines is 1. The largest absolute Gasteiger partial charge is 0.487 e. The molecule has 2 heterocycles. The summed E-state index contributed by atoms with van der Waals surface area (Å²) in [6, 6.07) is 11.1. The van der Waals surface area contributed by atoms with Crippen molar-refractivity contribution in [3.63, 3.8) is 0 Å². The minimum atomic E-state index is -4.51. The number of fused-ring (bicyclic) bond motifs is 3. The Bertz CT molecular complexity index is 1360. The molecule has 1 aliphatic heterocycles. The zero-order valence-corrected chi connectivity index (χ0v) is 19.1. The predicted molar refractivity (Wildman–Crippen MR) is 123 cm³/mol. The summed E-state index contributed by atoms with van der Waals surface area (Å²) in [6.45, 7) is 1.36.